The molecule has 1 atom stereocenters. The molecule has 0 spiro atoms. The van der Waals surface area contributed by atoms with Crippen LogP contribution in [-0.4, -0.2) is 4.98 Å². The summed E-state index contributed by atoms with van der Waals surface area (Å²) >= 11 is 0. The topological polar surface area (TPSA) is 38.1 Å². The van der Waals surface area contributed by atoms with Crippen molar-refractivity contribution in [1.82, 2.24) is 10.3 Å². The fraction of sp³-hybridized carbons (Fsp3) is 0.308. The summed E-state index contributed by atoms with van der Waals surface area (Å²) in [5.74, 6) is -0.364. The summed E-state index contributed by atoms with van der Waals surface area (Å²) in [6.45, 7) is 4.12. The van der Waals surface area contributed by atoms with E-state index in [9.17, 15) is 8.78 Å². The van der Waals surface area contributed by atoms with Gasteiger partial charge in [-0.2, -0.15) is 0 Å². The number of aryl methyl sites for hydroxylation is 1. The van der Waals surface area contributed by atoms with Crippen LogP contribution in [0.1, 0.15) is 30.2 Å². The molecule has 0 radical (unpaired) electrons. The second-order valence-corrected chi connectivity index (χ2v) is 4.14. The van der Waals surface area contributed by atoms with Gasteiger partial charge in [-0.15, -0.1) is 0 Å². The van der Waals surface area contributed by atoms with Gasteiger partial charge in [0.05, 0.1) is 12.7 Å². The van der Waals surface area contributed by atoms with Crippen molar-refractivity contribution in [3.8, 4) is 0 Å². The van der Waals surface area contributed by atoms with Crippen molar-refractivity contribution in [1.29, 1.82) is 0 Å². The number of aromatic nitrogens is 1. The van der Waals surface area contributed by atoms with E-state index in [2.05, 4.69) is 10.3 Å². The van der Waals surface area contributed by atoms with E-state index in [1.165, 1.54) is 6.07 Å². The molecule has 0 saturated carbocycles. The third-order valence-corrected chi connectivity index (χ3v) is 2.67. The molecule has 0 aliphatic heterocycles. The normalized spacial score (nSPS) is 12.7. The van der Waals surface area contributed by atoms with Gasteiger partial charge in [-0.1, -0.05) is 6.07 Å². The quantitative estimate of drug-likeness (QED) is 0.908. The summed E-state index contributed by atoms with van der Waals surface area (Å²) < 4.78 is 31.2. The first-order valence-electron chi connectivity index (χ1n) is 5.66. The Bertz CT molecular complexity index is 540. The number of halogens is 2. The molecule has 2 aromatic rings. The molecule has 18 heavy (non-hydrogen) atoms. The van der Waals surface area contributed by atoms with E-state index >= 15 is 0 Å². The first-order valence-corrected chi connectivity index (χ1v) is 5.66. The van der Waals surface area contributed by atoms with Crippen molar-refractivity contribution in [2.24, 2.45) is 0 Å². The number of benzene rings is 1. The SMILES string of the molecule is Cc1cnc(CNC(C)c2ccc(F)c(F)c2)o1. The van der Waals surface area contributed by atoms with Gasteiger partial charge in [-0.3, -0.25) is 0 Å². The van der Waals surface area contributed by atoms with Crippen LogP contribution in [0.15, 0.2) is 28.8 Å². The van der Waals surface area contributed by atoms with Gasteiger partial charge in [-0.05, 0) is 31.5 Å². The van der Waals surface area contributed by atoms with Gasteiger partial charge in [0.15, 0.2) is 11.6 Å². The smallest absolute Gasteiger partial charge is 0.208 e. The second kappa shape index (κ2) is 5.27. The van der Waals surface area contributed by atoms with Crippen LogP contribution in [0, 0.1) is 18.6 Å². The number of oxazole rings is 1. The molecule has 3 nitrogen and oxygen atoms in total. The summed E-state index contributed by atoms with van der Waals surface area (Å²) in [5.41, 5.74) is 0.678. The maximum Gasteiger partial charge on any atom is 0.208 e. The van der Waals surface area contributed by atoms with Gasteiger partial charge in [-0.25, -0.2) is 13.8 Å². The van der Waals surface area contributed by atoms with E-state index in [0.717, 1.165) is 11.8 Å². The molecule has 1 aromatic carbocycles. The van der Waals surface area contributed by atoms with Crippen molar-refractivity contribution in [2.45, 2.75) is 26.4 Å². The van der Waals surface area contributed by atoms with Crippen LogP contribution in [0.5, 0.6) is 0 Å². The highest BCUT2D eigenvalue weighted by Gasteiger charge is 2.10. The molecule has 1 aromatic heterocycles. The fourth-order valence-corrected chi connectivity index (χ4v) is 1.62. The Morgan fingerprint density at radius 2 is 2.11 bits per heavy atom. The van der Waals surface area contributed by atoms with Crippen LogP contribution >= 0.6 is 0 Å². The Kier molecular flexibility index (Phi) is 3.72. The molecule has 0 saturated heterocycles. The average Bonchev–Trinajstić information content (AvgIpc) is 2.75. The summed E-state index contributed by atoms with van der Waals surface area (Å²) in [7, 11) is 0. The average molecular weight is 252 g/mol. The van der Waals surface area contributed by atoms with Gasteiger partial charge < -0.3 is 9.73 Å². The lowest BCUT2D eigenvalue weighted by Crippen LogP contribution is -2.18. The number of rotatable bonds is 4. The number of nitrogens with zero attached hydrogens (tertiary/aromatic N) is 1. The minimum Gasteiger partial charge on any atom is -0.445 e. The van der Waals surface area contributed by atoms with E-state index in [0.29, 0.717) is 18.0 Å². The number of nitrogens with one attached hydrogen (secondary N) is 1. The van der Waals surface area contributed by atoms with Crippen molar-refractivity contribution < 1.29 is 13.2 Å². The van der Waals surface area contributed by atoms with Crippen molar-refractivity contribution >= 4 is 0 Å². The molecule has 1 unspecified atom stereocenters. The maximum absolute atomic E-state index is 13.1. The zero-order valence-electron chi connectivity index (χ0n) is 10.2. The van der Waals surface area contributed by atoms with Gasteiger partial charge in [0, 0.05) is 6.04 Å². The van der Waals surface area contributed by atoms with Crippen LogP contribution in [0.4, 0.5) is 8.78 Å². The molecular formula is C13H14F2N2O. The highest BCUT2D eigenvalue weighted by molar-refractivity contribution is 5.20. The minimum absolute atomic E-state index is 0.118. The Morgan fingerprint density at radius 3 is 2.72 bits per heavy atom. The highest BCUT2D eigenvalue weighted by atomic mass is 19.2. The Hall–Kier alpha value is -1.75. The Labute approximate surface area is 104 Å². The lowest BCUT2D eigenvalue weighted by Gasteiger charge is -2.13. The lowest BCUT2D eigenvalue weighted by molar-refractivity contribution is 0.431. The van der Waals surface area contributed by atoms with E-state index in [1.54, 1.807) is 12.3 Å². The molecule has 96 valence electrons. The van der Waals surface area contributed by atoms with Crippen LogP contribution < -0.4 is 5.32 Å². The molecule has 0 fully saturated rings. The van der Waals surface area contributed by atoms with Gasteiger partial charge in [0.25, 0.3) is 0 Å². The Morgan fingerprint density at radius 1 is 1.33 bits per heavy atom. The molecule has 1 heterocycles. The summed E-state index contributed by atoms with van der Waals surface area (Å²) in [6, 6.07) is 3.75. The molecule has 1 N–H and O–H groups in total. The molecular weight excluding hydrogens is 238 g/mol. The number of hydrogen-bond acceptors (Lipinski definition) is 3. The third-order valence-electron chi connectivity index (χ3n) is 2.67. The maximum atomic E-state index is 13.1. The standard InChI is InChI=1S/C13H14F2N2O/c1-8-6-17-13(18-8)7-16-9(2)10-3-4-11(14)12(15)5-10/h3-6,9,16H,7H2,1-2H3. The van der Waals surface area contributed by atoms with E-state index < -0.39 is 11.6 Å². The van der Waals surface area contributed by atoms with Gasteiger partial charge in [0.1, 0.15) is 5.76 Å². The highest BCUT2D eigenvalue weighted by Crippen LogP contribution is 2.16. The largest absolute Gasteiger partial charge is 0.445 e. The molecule has 5 heteroatoms. The predicted octanol–water partition coefficient (Wildman–Crippen LogP) is 3.11. The second-order valence-electron chi connectivity index (χ2n) is 4.14. The van der Waals surface area contributed by atoms with Crippen LogP contribution in [0.3, 0.4) is 0 Å². The predicted molar refractivity (Wildman–Crippen MR) is 62.9 cm³/mol. The first-order chi connectivity index (χ1) is 8.56. The summed E-state index contributed by atoms with van der Waals surface area (Å²) in [5, 5.41) is 3.13. The number of hydrogen-bond donors (Lipinski definition) is 1. The van der Waals surface area contributed by atoms with E-state index in [4.69, 9.17) is 4.42 Å². The third kappa shape index (κ3) is 2.92. The lowest BCUT2D eigenvalue weighted by atomic mass is 10.1. The first kappa shape index (κ1) is 12.7. The zero-order chi connectivity index (χ0) is 13.1. The van der Waals surface area contributed by atoms with Gasteiger partial charge in [0.2, 0.25) is 5.89 Å². The molecule has 0 amide bonds. The molecule has 0 aliphatic rings. The summed E-state index contributed by atoms with van der Waals surface area (Å²) in [4.78, 5) is 4.05. The van der Waals surface area contributed by atoms with Crippen molar-refractivity contribution in [3.63, 3.8) is 0 Å². The molecule has 0 bridgehead atoms. The van der Waals surface area contributed by atoms with Gasteiger partial charge >= 0.3 is 0 Å². The molecule has 0 aliphatic carbocycles. The van der Waals surface area contributed by atoms with Crippen LogP contribution in [0.25, 0.3) is 0 Å². The fourth-order valence-electron chi connectivity index (χ4n) is 1.62. The Balaban J connectivity index is 1.99. The van der Waals surface area contributed by atoms with E-state index in [-0.39, 0.29) is 6.04 Å². The van der Waals surface area contributed by atoms with Crippen molar-refractivity contribution in [2.75, 3.05) is 0 Å². The van der Waals surface area contributed by atoms with Crippen molar-refractivity contribution in [3.05, 3.63) is 53.2 Å². The van der Waals surface area contributed by atoms with Crippen LogP contribution in [0.2, 0.25) is 0 Å². The molecule has 2 rings (SSSR count). The minimum atomic E-state index is -0.840. The summed E-state index contributed by atoms with van der Waals surface area (Å²) in [6.07, 6.45) is 1.64. The zero-order valence-corrected chi connectivity index (χ0v) is 10.2. The van der Waals surface area contributed by atoms with Crippen LogP contribution in [-0.2, 0) is 6.54 Å². The van der Waals surface area contributed by atoms with E-state index in [1.807, 2.05) is 13.8 Å². The monoisotopic (exact) mass is 252 g/mol.